The quantitative estimate of drug-likeness (QED) is 0.843. The summed E-state index contributed by atoms with van der Waals surface area (Å²) in [5.74, 6) is -1.39. The second kappa shape index (κ2) is 5.21. The van der Waals surface area contributed by atoms with E-state index in [2.05, 4.69) is 4.98 Å². The van der Waals surface area contributed by atoms with Gasteiger partial charge in [-0.05, 0) is 31.5 Å². The molecule has 2 N–H and O–H groups in total. The van der Waals surface area contributed by atoms with Gasteiger partial charge in [-0.1, -0.05) is 12.1 Å². The highest BCUT2D eigenvalue weighted by molar-refractivity contribution is 5.99. The summed E-state index contributed by atoms with van der Waals surface area (Å²) in [5, 5.41) is 8.91. The van der Waals surface area contributed by atoms with Crippen molar-refractivity contribution in [1.82, 2.24) is 4.98 Å². The predicted molar refractivity (Wildman–Crippen MR) is 74.0 cm³/mol. The number of benzene rings is 1. The molecule has 2 aromatic rings. The molecule has 5 heteroatoms. The molecular formula is C15H15NO4. The molecular weight excluding hydrogens is 258 g/mol. The summed E-state index contributed by atoms with van der Waals surface area (Å²) < 4.78 is 4.80. The zero-order valence-electron chi connectivity index (χ0n) is 11.5. The van der Waals surface area contributed by atoms with Crippen molar-refractivity contribution in [1.29, 1.82) is 0 Å². The highest BCUT2D eigenvalue weighted by atomic mass is 16.5. The van der Waals surface area contributed by atoms with Crippen molar-refractivity contribution in [3.63, 3.8) is 0 Å². The first-order valence-electron chi connectivity index (χ1n) is 6.07. The largest absolute Gasteiger partial charge is 0.478 e. The minimum absolute atomic E-state index is 0.207. The molecule has 0 bridgehead atoms. The molecule has 20 heavy (non-hydrogen) atoms. The minimum Gasteiger partial charge on any atom is -0.478 e. The molecule has 1 heterocycles. The summed E-state index contributed by atoms with van der Waals surface area (Å²) in [6.07, 6.45) is 0. The summed E-state index contributed by atoms with van der Waals surface area (Å²) in [4.78, 5) is 25.9. The van der Waals surface area contributed by atoms with Crippen molar-refractivity contribution in [2.75, 3.05) is 7.11 Å². The van der Waals surface area contributed by atoms with Gasteiger partial charge in [-0.2, -0.15) is 0 Å². The molecule has 0 unspecified atom stereocenters. The van der Waals surface area contributed by atoms with Gasteiger partial charge < -0.3 is 14.8 Å². The van der Waals surface area contributed by atoms with Crippen LogP contribution in [0.3, 0.4) is 0 Å². The Morgan fingerprint density at radius 3 is 2.20 bits per heavy atom. The number of aromatic nitrogens is 1. The van der Waals surface area contributed by atoms with Crippen LogP contribution in [0.25, 0.3) is 11.1 Å². The first kappa shape index (κ1) is 13.9. The van der Waals surface area contributed by atoms with Crippen LogP contribution in [0.2, 0.25) is 0 Å². The van der Waals surface area contributed by atoms with Crippen molar-refractivity contribution in [3.05, 3.63) is 46.8 Å². The Hall–Kier alpha value is -2.56. The molecule has 0 spiro atoms. The van der Waals surface area contributed by atoms with Gasteiger partial charge in [-0.15, -0.1) is 0 Å². The van der Waals surface area contributed by atoms with Gasteiger partial charge in [0.25, 0.3) is 0 Å². The number of nitrogens with one attached hydrogen (secondary N) is 1. The molecule has 104 valence electrons. The van der Waals surface area contributed by atoms with Crippen LogP contribution >= 0.6 is 0 Å². The normalized spacial score (nSPS) is 10.3. The van der Waals surface area contributed by atoms with Gasteiger partial charge in [0, 0.05) is 17.0 Å². The van der Waals surface area contributed by atoms with E-state index in [0.29, 0.717) is 5.56 Å². The molecule has 0 radical (unpaired) electrons. The Morgan fingerprint density at radius 1 is 1.10 bits per heavy atom. The number of aromatic carboxylic acids is 1. The van der Waals surface area contributed by atoms with Crippen LogP contribution in [-0.2, 0) is 4.74 Å². The number of carbonyl (C=O) groups excluding carboxylic acids is 1. The number of esters is 1. The number of aromatic amines is 1. The van der Waals surface area contributed by atoms with E-state index in [0.717, 1.165) is 22.5 Å². The van der Waals surface area contributed by atoms with Gasteiger partial charge in [0.05, 0.1) is 18.2 Å². The molecule has 1 aromatic heterocycles. The first-order chi connectivity index (χ1) is 9.45. The summed E-state index contributed by atoms with van der Waals surface area (Å²) in [7, 11) is 1.33. The lowest BCUT2D eigenvalue weighted by Gasteiger charge is -2.06. The summed E-state index contributed by atoms with van der Waals surface area (Å²) in [6, 6.07) is 6.40. The van der Waals surface area contributed by atoms with E-state index < -0.39 is 11.9 Å². The van der Waals surface area contributed by atoms with Crippen LogP contribution in [0, 0.1) is 13.8 Å². The molecule has 0 aliphatic carbocycles. The standard InChI is InChI=1S/C15H15NO4/c1-8-12(13(9(2)16-8)15(19)20-3)10-4-6-11(7-5-10)14(17)18/h4-7,16H,1-3H3,(H,17,18). The second-order valence-corrected chi connectivity index (χ2v) is 4.50. The van der Waals surface area contributed by atoms with E-state index in [1.165, 1.54) is 19.2 Å². The number of hydrogen-bond acceptors (Lipinski definition) is 3. The molecule has 0 atom stereocenters. The van der Waals surface area contributed by atoms with Crippen LogP contribution in [0.4, 0.5) is 0 Å². The summed E-state index contributed by atoms with van der Waals surface area (Å²) in [5.41, 5.74) is 3.77. The summed E-state index contributed by atoms with van der Waals surface area (Å²) >= 11 is 0. The average Bonchev–Trinajstić information content (AvgIpc) is 2.72. The number of H-pyrrole nitrogens is 1. The number of methoxy groups -OCH3 is 1. The zero-order valence-corrected chi connectivity index (χ0v) is 11.5. The predicted octanol–water partition coefficient (Wildman–Crippen LogP) is 2.78. The smallest absolute Gasteiger partial charge is 0.340 e. The molecule has 1 aromatic carbocycles. The van der Waals surface area contributed by atoms with E-state index in [9.17, 15) is 9.59 Å². The average molecular weight is 273 g/mol. The number of rotatable bonds is 3. The maximum absolute atomic E-state index is 11.9. The number of hydrogen-bond donors (Lipinski definition) is 2. The minimum atomic E-state index is -0.980. The maximum Gasteiger partial charge on any atom is 0.340 e. The number of aryl methyl sites for hydroxylation is 2. The fourth-order valence-corrected chi connectivity index (χ4v) is 2.28. The number of carboxylic acid groups (broad SMARTS) is 1. The van der Waals surface area contributed by atoms with Gasteiger partial charge in [0.2, 0.25) is 0 Å². The van der Waals surface area contributed by atoms with E-state index in [4.69, 9.17) is 9.84 Å². The highest BCUT2D eigenvalue weighted by Gasteiger charge is 2.21. The number of carboxylic acids is 1. The molecule has 2 rings (SSSR count). The Morgan fingerprint density at radius 2 is 1.70 bits per heavy atom. The Bertz CT molecular complexity index is 668. The van der Waals surface area contributed by atoms with Crippen molar-refractivity contribution in [2.24, 2.45) is 0 Å². The van der Waals surface area contributed by atoms with Crippen LogP contribution in [0.5, 0.6) is 0 Å². The third-order valence-corrected chi connectivity index (χ3v) is 3.19. The first-order valence-corrected chi connectivity index (χ1v) is 6.07. The van der Waals surface area contributed by atoms with Crippen LogP contribution in [-0.4, -0.2) is 29.1 Å². The number of ether oxygens (including phenoxy) is 1. The van der Waals surface area contributed by atoms with E-state index in [1.54, 1.807) is 19.1 Å². The Kier molecular flexibility index (Phi) is 3.61. The lowest BCUT2D eigenvalue weighted by atomic mass is 9.99. The topological polar surface area (TPSA) is 79.4 Å². The van der Waals surface area contributed by atoms with Gasteiger partial charge >= 0.3 is 11.9 Å². The zero-order chi connectivity index (χ0) is 14.9. The third-order valence-electron chi connectivity index (χ3n) is 3.19. The second-order valence-electron chi connectivity index (χ2n) is 4.50. The molecule has 0 aliphatic rings. The SMILES string of the molecule is COC(=O)c1c(C)[nH]c(C)c1-c1ccc(C(=O)O)cc1. The van der Waals surface area contributed by atoms with E-state index in [1.807, 2.05) is 6.92 Å². The van der Waals surface area contributed by atoms with Crippen molar-refractivity contribution in [2.45, 2.75) is 13.8 Å². The third kappa shape index (κ3) is 2.30. The molecule has 0 saturated heterocycles. The lowest BCUT2D eigenvalue weighted by molar-refractivity contribution is 0.0600. The van der Waals surface area contributed by atoms with Crippen LogP contribution in [0.15, 0.2) is 24.3 Å². The summed E-state index contributed by atoms with van der Waals surface area (Å²) in [6.45, 7) is 3.66. The Labute approximate surface area is 116 Å². The molecule has 0 amide bonds. The molecule has 0 aliphatic heterocycles. The maximum atomic E-state index is 11.9. The van der Waals surface area contributed by atoms with Crippen molar-refractivity contribution >= 4 is 11.9 Å². The van der Waals surface area contributed by atoms with Crippen LogP contribution < -0.4 is 0 Å². The Balaban J connectivity index is 2.57. The molecule has 0 saturated carbocycles. The van der Waals surface area contributed by atoms with Gasteiger partial charge in [0.15, 0.2) is 0 Å². The molecule has 5 nitrogen and oxygen atoms in total. The monoisotopic (exact) mass is 273 g/mol. The molecule has 0 fully saturated rings. The fourth-order valence-electron chi connectivity index (χ4n) is 2.28. The lowest BCUT2D eigenvalue weighted by Crippen LogP contribution is -2.04. The fraction of sp³-hybridized carbons (Fsp3) is 0.200. The van der Waals surface area contributed by atoms with E-state index >= 15 is 0 Å². The van der Waals surface area contributed by atoms with Crippen molar-refractivity contribution < 1.29 is 19.4 Å². The van der Waals surface area contributed by atoms with Gasteiger partial charge in [-0.3, -0.25) is 0 Å². The van der Waals surface area contributed by atoms with Gasteiger partial charge in [0.1, 0.15) is 0 Å². The van der Waals surface area contributed by atoms with Crippen LogP contribution in [0.1, 0.15) is 32.1 Å². The van der Waals surface area contributed by atoms with Gasteiger partial charge in [-0.25, -0.2) is 9.59 Å². The van der Waals surface area contributed by atoms with Crippen molar-refractivity contribution in [3.8, 4) is 11.1 Å². The highest BCUT2D eigenvalue weighted by Crippen LogP contribution is 2.30. The van der Waals surface area contributed by atoms with E-state index in [-0.39, 0.29) is 5.56 Å². The number of carbonyl (C=O) groups is 2.